The average molecular weight is 903 g/mol. The Hall–Kier alpha value is -4.27. The van der Waals surface area contributed by atoms with Crippen LogP contribution in [0.3, 0.4) is 0 Å². The number of rotatable bonds is 43. The fourth-order valence-electron chi connectivity index (χ4n) is 6.49. The lowest BCUT2D eigenvalue weighted by molar-refractivity contribution is -0.887. The molecule has 8 nitrogen and oxygen atoms in total. The quantitative estimate of drug-likeness (QED) is 0.0282. The smallest absolute Gasteiger partial charge is 0.362 e. The van der Waals surface area contributed by atoms with Gasteiger partial charge in [-0.15, -0.1) is 0 Å². The van der Waals surface area contributed by atoms with Gasteiger partial charge < -0.3 is 23.8 Å². The highest BCUT2D eigenvalue weighted by Gasteiger charge is 2.31. The summed E-state index contributed by atoms with van der Waals surface area (Å²) in [4.78, 5) is 37.1. The van der Waals surface area contributed by atoms with Crippen LogP contribution in [-0.4, -0.2) is 80.6 Å². The molecule has 1 N–H and O–H groups in total. The maximum atomic E-state index is 12.8. The molecule has 0 aliphatic heterocycles. The number of likely N-dealkylation sites (N-methyl/N-ethyl adjacent to an activating group) is 1. The average Bonchev–Trinajstić information content (AvgIpc) is 3.27. The third-order valence-corrected chi connectivity index (χ3v) is 10.3. The molecule has 2 atom stereocenters. The number of carbonyl (C=O) groups is 3. The van der Waals surface area contributed by atoms with Crippen molar-refractivity contribution in [2.24, 2.45) is 0 Å². The van der Waals surface area contributed by atoms with E-state index in [1.807, 2.05) is 21.1 Å². The Morgan fingerprint density at radius 1 is 0.477 bits per heavy atom. The fraction of sp³-hybridized carbons (Fsp3) is 0.596. The minimum atomic E-state index is -0.891. The maximum Gasteiger partial charge on any atom is 0.362 e. The van der Waals surface area contributed by atoms with Crippen molar-refractivity contribution in [1.29, 1.82) is 0 Å². The molecule has 2 unspecified atom stereocenters. The van der Waals surface area contributed by atoms with Gasteiger partial charge in [0, 0.05) is 19.3 Å². The number of allylic oxidation sites excluding steroid dienone is 20. The number of carboxylic acids is 1. The molecule has 8 heteroatoms. The predicted octanol–water partition coefficient (Wildman–Crippen LogP) is 14.6. The van der Waals surface area contributed by atoms with Crippen LogP contribution in [0.5, 0.6) is 0 Å². The van der Waals surface area contributed by atoms with E-state index in [9.17, 15) is 19.5 Å². The Balaban J connectivity index is 4.44. The van der Waals surface area contributed by atoms with E-state index in [4.69, 9.17) is 14.2 Å². The third-order valence-electron chi connectivity index (χ3n) is 10.3. The van der Waals surface area contributed by atoms with Crippen LogP contribution in [-0.2, 0) is 28.6 Å². The lowest BCUT2D eigenvalue weighted by Gasteiger charge is -2.31. The van der Waals surface area contributed by atoms with Crippen LogP contribution in [0.2, 0.25) is 0 Å². The Bertz CT molecular complexity index is 1470. The molecule has 0 spiro atoms. The zero-order valence-corrected chi connectivity index (χ0v) is 41.6. The van der Waals surface area contributed by atoms with Gasteiger partial charge in [-0.1, -0.05) is 161 Å². The molecule has 0 aromatic heterocycles. The van der Waals surface area contributed by atoms with E-state index in [1.165, 1.54) is 25.7 Å². The summed E-state index contributed by atoms with van der Waals surface area (Å²) in [5, 5.41) is 9.65. The van der Waals surface area contributed by atoms with Crippen molar-refractivity contribution in [3.05, 3.63) is 122 Å². The van der Waals surface area contributed by atoms with Crippen molar-refractivity contribution < 1.29 is 38.2 Å². The van der Waals surface area contributed by atoms with E-state index in [0.29, 0.717) is 12.8 Å². The van der Waals surface area contributed by atoms with Gasteiger partial charge in [-0.25, -0.2) is 4.79 Å². The van der Waals surface area contributed by atoms with E-state index >= 15 is 0 Å². The standard InChI is InChI=1S/C57H91NO7/c1-6-8-10-12-14-16-18-20-22-24-26-28-30-31-33-35-37-39-41-43-45-47-55(59)64-52-53(51-63-50-49-54(57(61)62)58(3,4)5)65-56(60)48-46-44-42-40-38-36-34-32-29-27-25-23-21-19-17-15-13-11-9-7-2/h9,11,14-17,20-23,26-29,31,33-34,36-37,39,53-54H,6-8,10,12-13,18-19,24-25,30,32,35,38,40-52H2,1-5H3/p+1/b11-9+,16-14+,17-15+,22-20+,23-21+,28-26+,29-27+,33-31+,36-34+,39-37+. The minimum Gasteiger partial charge on any atom is -0.477 e. The van der Waals surface area contributed by atoms with Gasteiger partial charge in [0.05, 0.1) is 34.4 Å². The second-order valence-corrected chi connectivity index (χ2v) is 17.3. The lowest BCUT2D eigenvalue weighted by atomic mass is 10.1. The van der Waals surface area contributed by atoms with Gasteiger partial charge in [-0.2, -0.15) is 0 Å². The summed E-state index contributed by atoms with van der Waals surface area (Å²) < 4.78 is 17.3. The molecule has 0 saturated heterocycles. The number of carboxylic acid groups (broad SMARTS) is 1. The van der Waals surface area contributed by atoms with Crippen LogP contribution in [0.25, 0.3) is 0 Å². The molecule has 0 aromatic rings. The molecule has 0 bridgehead atoms. The van der Waals surface area contributed by atoms with Gasteiger partial charge in [0.25, 0.3) is 0 Å². The molecule has 0 rings (SSSR count). The number of ether oxygens (including phenoxy) is 3. The SMILES string of the molecule is CC/C=C/C/C=C/C/C=C/C/C=C/C/C=C/CCCCCCC(=O)OC(COCCC(C(=O)O)[N+](C)(C)C)COC(=O)CCCC/C=C/C/C=C/C/C=C/C/C=C/C/C=C/CCCCC. The summed E-state index contributed by atoms with van der Waals surface area (Å²) in [5.41, 5.74) is 0. The second kappa shape index (κ2) is 46.3. The first-order valence-electron chi connectivity index (χ1n) is 25.1. The highest BCUT2D eigenvalue weighted by molar-refractivity contribution is 5.72. The van der Waals surface area contributed by atoms with E-state index < -0.39 is 18.1 Å². The van der Waals surface area contributed by atoms with Crippen molar-refractivity contribution in [2.75, 3.05) is 41.0 Å². The molecule has 0 aliphatic rings. The van der Waals surface area contributed by atoms with Crippen molar-refractivity contribution in [1.82, 2.24) is 0 Å². The minimum absolute atomic E-state index is 0.0278. The van der Waals surface area contributed by atoms with Crippen LogP contribution in [0, 0.1) is 0 Å². The lowest BCUT2D eigenvalue weighted by Crippen LogP contribution is -2.50. The summed E-state index contributed by atoms with van der Waals surface area (Å²) in [7, 11) is 5.50. The topological polar surface area (TPSA) is 99.1 Å². The van der Waals surface area contributed by atoms with Crippen molar-refractivity contribution in [3.8, 4) is 0 Å². The van der Waals surface area contributed by atoms with Crippen LogP contribution < -0.4 is 0 Å². The number of hydrogen-bond acceptors (Lipinski definition) is 6. The van der Waals surface area contributed by atoms with Crippen molar-refractivity contribution in [3.63, 3.8) is 0 Å². The normalized spacial score (nSPS) is 13.9. The molecule has 0 aliphatic carbocycles. The Kier molecular flexibility index (Phi) is 43.2. The van der Waals surface area contributed by atoms with E-state index in [1.54, 1.807) is 0 Å². The second-order valence-electron chi connectivity index (χ2n) is 17.3. The van der Waals surface area contributed by atoms with Crippen LogP contribution in [0.4, 0.5) is 0 Å². The summed E-state index contributed by atoms with van der Waals surface area (Å²) in [6.07, 6.45) is 65.3. The fourth-order valence-corrected chi connectivity index (χ4v) is 6.49. The maximum absolute atomic E-state index is 12.8. The Labute approximate surface area is 397 Å². The molecule has 0 heterocycles. The van der Waals surface area contributed by atoms with Crippen LogP contribution in [0.15, 0.2) is 122 Å². The van der Waals surface area contributed by atoms with Crippen LogP contribution >= 0.6 is 0 Å². The van der Waals surface area contributed by atoms with Gasteiger partial charge in [0.2, 0.25) is 0 Å². The summed E-state index contributed by atoms with van der Waals surface area (Å²) >= 11 is 0. The molecule has 0 amide bonds. The number of nitrogens with zero attached hydrogens (tertiary/aromatic N) is 1. The molecule has 0 radical (unpaired) electrons. The van der Waals surface area contributed by atoms with E-state index in [0.717, 1.165) is 103 Å². The number of quaternary nitrogens is 1. The third kappa shape index (κ3) is 44.7. The number of carbonyl (C=O) groups excluding carboxylic acids is 2. The molecule has 0 aromatic carbocycles. The number of aliphatic carboxylic acids is 1. The van der Waals surface area contributed by atoms with Gasteiger partial charge in [0.15, 0.2) is 12.1 Å². The molecule has 0 fully saturated rings. The monoisotopic (exact) mass is 903 g/mol. The number of hydrogen-bond donors (Lipinski definition) is 1. The van der Waals surface area contributed by atoms with Gasteiger partial charge >= 0.3 is 17.9 Å². The summed E-state index contributed by atoms with van der Waals surface area (Å²) in [6, 6.07) is -0.635. The largest absolute Gasteiger partial charge is 0.477 e. The van der Waals surface area contributed by atoms with Gasteiger partial charge in [-0.3, -0.25) is 9.59 Å². The van der Waals surface area contributed by atoms with Gasteiger partial charge in [0.1, 0.15) is 6.61 Å². The first kappa shape index (κ1) is 60.7. The molecular formula is C57H92NO7+. The zero-order chi connectivity index (χ0) is 47.7. The predicted molar refractivity (Wildman–Crippen MR) is 275 cm³/mol. The summed E-state index contributed by atoms with van der Waals surface area (Å²) in [6.45, 7) is 4.50. The molecular weight excluding hydrogens is 811 g/mol. The Morgan fingerprint density at radius 2 is 0.862 bits per heavy atom. The molecule has 65 heavy (non-hydrogen) atoms. The number of unbranched alkanes of at least 4 members (excludes halogenated alkanes) is 9. The van der Waals surface area contributed by atoms with Crippen LogP contribution in [0.1, 0.15) is 168 Å². The Morgan fingerprint density at radius 3 is 1.29 bits per heavy atom. The first-order chi connectivity index (χ1) is 31.6. The molecule has 0 saturated carbocycles. The van der Waals surface area contributed by atoms with Crippen molar-refractivity contribution >= 4 is 17.9 Å². The molecule has 366 valence electrons. The van der Waals surface area contributed by atoms with E-state index in [-0.39, 0.29) is 49.1 Å². The van der Waals surface area contributed by atoms with E-state index in [2.05, 4.69) is 135 Å². The number of esters is 2. The first-order valence-corrected chi connectivity index (χ1v) is 25.1. The van der Waals surface area contributed by atoms with Gasteiger partial charge in [-0.05, 0) is 109 Å². The summed E-state index contributed by atoms with van der Waals surface area (Å²) in [5.74, 6) is -1.57. The highest BCUT2D eigenvalue weighted by Crippen LogP contribution is 2.12. The highest BCUT2D eigenvalue weighted by atomic mass is 16.6. The van der Waals surface area contributed by atoms with Crippen molar-refractivity contribution in [2.45, 2.75) is 180 Å². The zero-order valence-electron chi connectivity index (χ0n) is 41.6.